The van der Waals surface area contributed by atoms with E-state index in [1.165, 1.54) is 0 Å². The molecule has 1 aromatic heterocycles. The number of nitrogens with zero attached hydrogens (tertiary/aromatic N) is 1. The fourth-order valence-corrected chi connectivity index (χ4v) is 4.29. The van der Waals surface area contributed by atoms with Crippen LogP contribution in [0.2, 0.25) is 5.02 Å². The van der Waals surface area contributed by atoms with Gasteiger partial charge < -0.3 is 5.32 Å². The standard InChI is InChI=1S/C22H16ClN3OS2/c1-13-12-14(21-24-18-8-4-5-9-19(18)29-21)10-11-17(13)25-22(28)26-20(27)15-6-2-3-7-16(15)23/h2-12H,1H3,(H2,25,26,27,28). The molecule has 144 valence electrons. The molecule has 4 rings (SSSR count). The van der Waals surface area contributed by atoms with Crippen molar-refractivity contribution in [1.29, 1.82) is 0 Å². The number of fused-ring (bicyclic) bond motifs is 1. The van der Waals surface area contributed by atoms with Crippen LogP contribution in [-0.2, 0) is 0 Å². The van der Waals surface area contributed by atoms with Crippen molar-refractivity contribution in [3.05, 3.63) is 82.9 Å². The third-order valence-corrected chi connectivity index (χ3v) is 5.98. The molecular formula is C22H16ClN3OS2. The van der Waals surface area contributed by atoms with Gasteiger partial charge in [-0.1, -0.05) is 35.9 Å². The van der Waals surface area contributed by atoms with Crippen LogP contribution in [0.25, 0.3) is 20.8 Å². The molecule has 3 aromatic carbocycles. The number of carbonyl (C=O) groups excluding carboxylic acids is 1. The average Bonchev–Trinajstić information content (AvgIpc) is 3.14. The minimum Gasteiger partial charge on any atom is -0.332 e. The van der Waals surface area contributed by atoms with Gasteiger partial charge in [0.05, 0.1) is 20.8 Å². The molecule has 0 bridgehead atoms. The molecule has 1 heterocycles. The van der Waals surface area contributed by atoms with Gasteiger partial charge in [-0.3, -0.25) is 10.1 Å². The molecule has 0 spiro atoms. The van der Waals surface area contributed by atoms with Gasteiger partial charge in [-0.05, 0) is 67.2 Å². The van der Waals surface area contributed by atoms with Crippen LogP contribution < -0.4 is 10.6 Å². The minimum atomic E-state index is -0.350. The summed E-state index contributed by atoms with van der Waals surface area (Å²) >= 11 is 13.0. The molecule has 0 aliphatic carbocycles. The van der Waals surface area contributed by atoms with Gasteiger partial charge in [-0.25, -0.2) is 4.98 Å². The molecule has 0 fully saturated rings. The van der Waals surface area contributed by atoms with Crippen molar-refractivity contribution in [1.82, 2.24) is 10.3 Å². The zero-order valence-corrected chi connectivity index (χ0v) is 17.8. The number of hydrogen-bond acceptors (Lipinski definition) is 4. The van der Waals surface area contributed by atoms with E-state index in [1.807, 2.05) is 37.3 Å². The van der Waals surface area contributed by atoms with Crippen LogP contribution in [0.4, 0.5) is 5.69 Å². The van der Waals surface area contributed by atoms with Crippen molar-refractivity contribution in [2.45, 2.75) is 6.92 Å². The van der Waals surface area contributed by atoms with Gasteiger partial charge in [0.25, 0.3) is 5.91 Å². The normalized spacial score (nSPS) is 10.7. The lowest BCUT2D eigenvalue weighted by Crippen LogP contribution is -2.34. The number of amides is 1. The zero-order chi connectivity index (χ0) is 20.4. The van der Waals surface area contributed by atoms with Crippen LogP contribution in [0.5, 0.6) is 0 Å². The molecule has 29 heavy (non-hydrogen) atoms. The number of rotatable bonds is 3. The number of anilines is 1. The van der Waals surface area contributed by atoms with Crippen LogP contribution in [0.15, 0.2) is 66.7 Å². The van der Waals surface area contributed by atoms with E-state index in [2.05, 4.69) is 22.8 Å². The van der Waals surface area contributed by atoms with Crippen molar-refractivity contribution in [3.8, 4) is 10.6 Å². The van der Waals surface area contributed by atoms with Crippen LogP contribution in [-0.4, -0.2) is 16.0 Å². The Morgan fingerprint density at radius 1 is 1.07 bits per heavy atom. The van der Waals surface area contributed by atoms with Gasteiger partial charge in [-0.2, -0.15) is 0 Å². The van der Waals surface area contributed by atoms with Crippen molar-refractivity contribution < 1.29 is 4.79 Å². The molecule has 0 saturated carbocycles. The number of aromatic nitrogens is 1. The lowest BCUT2D eigenvalue weighted by molar-refractivity contribution is 0.0978. The highest BCUT2D eigenvalue weighted by Crippen LogP contribution is 2.31. The molecular weight excluding hydrogens is 422 g/mol. The predicted octanol–water partition coefficient (Wildman–Crippen LogP) is 6.05. The highest BCUT2D eigenvalue weighted by Gasteiger charge is 2.12. The largest absolute Gasteiger partial charge is 0.332 e. The summed E-state index contributed by atoms with van der Waals surface area (Å²) in [7, 11) is 0. The van der Waals surface area contributed by atoms with Crippen molar-refractivity contribution in [3.63, 3.8) is 0 Å². The number of hydrogen-bond donors (Lipinski definition) is 2. The smallest absolute Gasteiger partial charge is 0.258 e. The van der Waals surface area contributed by atoms with E-state index in [9.17, 15) is 4.79 Å². The predicted molar refractivity (Wildman–Crippen MR) is 125 cm³/mol. The lowest BCUT2D eigenvalue weighted by Gasteiger charge is -2.13. The third-order valence-electron chi connectivity index (χ3n) is 4.36. The van der Waals surface area contributed by atoms with Gasteiger partial charge in [0, 0.05) is 11.3 Å². The quantitative estimate of drug-likeness (QED) is 0.383. The highest BCUT2D eigenvalue weighted by molar-refractivity contribution is 7.80. The van der Waals surface area contributed by atoms with Crippen LogP contribution in [0, 0.1) is 6.92 Å². The van der Waals surface area contributed by atoms with Crippen molar-refractivity contribution in [2.24, 2.45) is 0 Å². The summed E-state index contributed by atoms with van der Waals surface area (Å²) in [6, 6.07) is 20.9. The Morgan fingerprint density at radius 2 is 1.83 bits per heavy atom. The molecule has 4 nitrogen and oxygen atoms in total. The van der Waals surface area contributed by atoms with E-state index < -0.39 is 0 Å². The summed E-state index contributed by atoms with van der Waals surface area (Å²) < 4.78 is 1.16. The molecule has 0 saturated heterocycles. The first-order valence-corrected chi connectivity index (χ1v) is 10.4. The highest BCUT2D eigenvalue weighted by atomic mass is 35.5. The second kappa shape index (κ2) is 8.29. The summed E-state index contributed by atoms with van der Waals surface area (Å²) in [5.74, 6) is -0.350. The molecule has 0 atom stereocenters. The summed E-state index contributed by atoms with van der Waals surface area (Å²) in [6.45, 7) is 1.98. The van der Waals surface area contributed by atoms with Gasteiger partial charge in [0.2, 0.25) is 0 Å². The van der Waals surface area contributed by atoms with Gasteiger partial charge in [0.1, 0.15) is 5.01 Å². The Balaban J connectivity index is 1.49. The summed E-state index contributed by atoms with van der Waals surface area (Å²) in [4.78, 5) is 17.0. The first-order valence-electron chi connectivity index (χ1n) is 8.85. The Morgan fingerprint density at radius 3 is 2.59 bits per heavy atom. The summed E-state index contributed by atoms with van der Waals surface area (Å²) in [6.07, 6.45) is 0. The number of benzene rings is 3. The Bertz CT molecular complexity index is 1200. The van der Waals surface area contributed by atoms with Gasteiger partial charge >= 0.3 is 0 Å². The van der Waals surface area contributed by atoms with E-state index in [0.29, 0.717) is 10.6 Å². The molecule has 0 aliphatic rings. The maximum atomic E-state index is 12.3. The minimum absolute atomic E-state index is 0.214. The van der Waals surface area contributed by atoms with E-state index in [-0.39, 0.29) is 11.0 Å². The molecule has 7 heteroatoms. The van der Waals surface area contributed by atoms with Crippen LogP contribution >= 0.6 is 35.2 Å². The zero-order valence-electron chi connectivity index (χ0n) is 15.4. The molecule has 0 radical (unpaired) electrons. The first kappa shape index (κ1) is 19.5. The molecule has 4 aromatic rings. The Kier molecular flexibility index (Phi) is 5.58. The second-order valence-corrected chi connectivity index (χ2v) is 8.25. The van der Waals surface area contributed by atoms with Gasteiger partial charge in [0.15, 0.2) is 5.11 Å². The number of thiazole rings is 1. The summed E-state index contributed by atoms with van der Waals surface area (Å²) in [5.41, 5.74) is 4.23. The molecule has 1 amide bonds. The SMILES string of the molecule is Cc1cc(-c2nc3ccccc3s2)ccc1NC(=S)NC(=O)c1ccccc1Cl. The maximum absolute atomic E-state index is 12.3. The lowest BCUT2D eigenvalue weighted by atomic mass is 10.1. The fourth-order valence-electron chi connectivity index (χ4n) is 2.90. The van der Waals surface area contributed by atoms with Crippen LogP contribution in [0.3, 0.4) is 0 Å². The Hall–Kier alpha value is -2.80. The molecule has 0 aliphatic heterocycles. The number of aryl methyl sites for hydroxylation is 1. The average molecular weight is 438 g/mol. The first-order chi connectivity index (χ1) is 14.0. The van der Waals surface area contributed by atoms with E-state index >= 15 is 0 Å². The third kappa shape index (κ3) is 4.29. The fraction of sp³-hybridized carbons (Fsp3) is 0.0455. The van der Waals surface area contributed by atoms with Crippen LogP contribution in [0.1, 0.15) is 15.9 Å². The number of halogens is 1. The van der Waals surface area contributed by atoms with E-state index in [4.69, 9.17) is 28.8 Å². The second-order valence-electron chi connectivity index (χ2n) is 6.40. The number of para-hydroxylation sites is 1. The topological polar surface area (TPSA) is 54.0 Å². The molecule has 0 unspecified atom stereocenters. The number of carbonyl (C=O) groups is 1. The van der Waals surface area contributed by atoms with E-state index in [0.717, 1.165) is 32.0 Å². The summed E-state index contributed by atoms with van der Waals surface area (Å²) in [5, 5.41) is 7.30. The van der Waals surface area contributed by atoms with Gasteiger partial charge in [-0.15, -0.1) is 11.3 Å². The van der Waals surface area contributed by atoms with E-state index in [1.54, 1.807) is 35.6 Å². The monoisotopic (exact) mass is 437 g/mol. The van der Waals surface area contributed by atoms with Crippen molar-refractivity contribution >= 4 is 62.1 Å². The Labute approximate surface area is 182 Å². The number of nitrogens with one attached hydrogen (secondary N) is 2. The number of thiocarbonyl (C=S) groups is 1. The van der Waals surface area contributed by atoms with Crippen molar-refractivity contribution in [2.75, 3.05) is 5.32 Å². The maximum Gasteiger partial charge on any atom is 0.258 e. The molecule has 2 N–H and O–H groups in total.